The molecule has 6 heteroatoms. The van der Waals surface area contributed by atoms with Gasteiger partial charge in [0.25, 0.3) is 0 Å². The van der Waals surface area contributed by atoms with Crippen molar-refractivity contribution in [3.63, 3.8) is 0 Å². The Kier molecular flexibility index (Phi) is 3.67. The molecule has 3 rings (SSSR count). The van der Waals surface area contributed by atoms with Gasteiger partial charge in [-0.25, -0.2) is 0 Å². The lowest BCUT2D eigenvalue weighted by molar-refractivity contribution is -0.120. The van der Waals surface area contributed by atoms with Crippen molar-refractivity contribution in [2.75, 3.05) is 22.9 Å². The average molecular weight is 291 g/mol. The maximum Gasteiger partial charge on any atom is 0.234 e. The van der Waals surface area contributed by atoms with E-state index >= 15 is 0 Å². The fraction of sp³-hybridized carbons (Fsp3) is 0.429. The van der Waals surface area contributed by atoms with Crippen molar-refractivity contribution >= 4 is 35.0 Å². The first-order valence-electron chi connectivity index (χ1n) is 6.74. The topological polar surface area (TPSA) is 70.2 Å². The molecule has 2 heterocycles. The first-order chi connectivity index (χ1) is 9.63. The van der Waals surface area contributed by atoms with Crippen molar-refractivity contribution in [1.82, 2.24) is 5.32 Å². The number of rotatable bonds is 2. The zero-order valence-electron chi connectivity index (χ0n) is 11.2. The SMILES string of the molecule is CC1NCCC1C(=O)Nc1ccc2c(c1)NC(=O)CS2. The molecule has 1 aromatic rings. The van der Waals surface area contributed by atoms with E-state index in [4.69, 9.17) is 0 Å². The second-order valence-corrected chi connectivity index (χ2v) is 6.19. The Labute approximate surface area is 121 Å². The van der Waals surface area contributed by atoms with Gasteiger partial charge in [-0.1, -0.05) is 0 Å². The van der Waals surface area contributed by atoms with E-state index in [0.717, 1.165) is 29.2 Å². The van der Waals surface area contributed by atoms with Crippen LogP contribution >= 0.6 is 11.8 Å². The summed E-state index contributed by atoms with van der Waals surface area (Å²) in [6.45, 7) is 2.91. The van der Waals surface area contributed by atoms with Crippen LogP contribution in [0.4, 0.5) is 11.4 Å². The van der Waals surface area contributed by atoms with Gasteiger partial charge in [0.2, 0.25) is 11.8 Å². The smallest absolute Gasteiger partial charge is 0.234 e. The van der Waals surface area contributed by atoms with Crippen LogP contribution in [-0.2, 0) is 9.59 Å². The predicted molar refractivity (Wildman–Crippen MR) is 80.0 cm³/mol. The van der Waals surface area contributed by atoms with Gasteiger partial charge in [0.05, 0.1) is 17.4 Å². The van der Waals surface area contributed by atoms with Crippen molar-refractivity contribution in [1.29, 1.82) is 0 Å². The lowest BCUT2D eigenvalue weighted by Gasteiger charge is -2.19. The third-order valence-corrected chi connectivity index (χ3v) is 4.82. The number of anilines is 2. The van der Waals surface area contributed by atoms with Crippen LogP contribution in [0.1, 0.15) is 13.3 Å². The molecule has 2 atom stereocenters. The van der Waals surface area contributed by atoms with E-state index in [1.54, 1.807) is 0 Å². The van der Waals surface area contributed by atoms with Crippen LogP contribution in [0, 0.1) is 5.92 Å². The monoisotopic (exact) mass is 291 g/mol. The summed E-state index contributed by atoms with van der Waals surface area (Å²) in [4.78, 5) is 24.6. The molecule has 0 bridgehead atoms. The first-order valence-corrected chi connectivity index (χ1v) is 7.73. The number of carbonyl (C=O) groups excluding carboxylic acids is 2. The number of carbonyl (C=O) groups is 2. The summed E-state index contributed by atoms with van der Waals surface area (Å²) in [5.74, 6) is 0.496. The van der Waals surface area contributed by atoms with Gasteiger partial charge < -0.3 is 16.0 Å². The molecule has 1 aromatic carbocycles. The second kappa shape index (κ2) is 5.46. The molecule has 2 amide bonds. The quantitative estimate of drug-likeness (QED) is 0.775. The zero-order chi connectivity index (χ0) is 14.1. The molecule has 2 aliphatic heterocycles. The summed E-state index contributed by atoms with van der Waals surface area (Å²) in [5.41, 5.74) is 1.51. The van der Waals surface area contributed by atoms with Gasteiger partial charge in [0, 0.05) is 16.6 Å². The molecule has 0 spiro atoms. The normalized spacial score (nSPS) is 24.9. The third-order valence-electron chi connectivity index (χ3n) is 3.74. The van der Waals surface area contributed by atoms with E-state index in [1.807, 2.05) is 25.1 Å². The molecular weight excluding hydrogens is 274 g/mol. The Morgan fingerprint density at radius 3 is 3.05 bits per heavy atom. The summed E-state index contributed by atoms with van der Waals surface area (Å²) in [6.07, 6.45) is 0.866. The van der Waals surface area contributed by atoms with Gasteiger partial charge in [-0.3, -0.25) is 9.59 Å². The lowest BCUT2D eigenvalue weighted by Crippen LogP contribution is -2.32. The minimum Gasteiger partial charge on any atom is -0.326 e. The molecular formula is C14H17N3O2S. The molecule has 0 aromatic heterocycles. The van der Waals surface area contributed by atoms with Gasteiger partial charge in [-0.05, 0) is 38.1 Å². The van der Waals surface area contributed by atoms with E-state index in [-0.39, 0.29) is 23.8 Å². The van der Waals surface area contributed by atoms with Gasteiger partial charge in [-0.2, -0.15) is 0 Å². The van der Waals surface area contributed by atoms with Crippen LogP contribution in [0.5, 0.6) is 0 Å². The third kappa shape index (κ3) is 2.66. The maximum absolute atomic E-state index is 12.2. The molecule has 5 nitrogen and oxygen atoms in total. The Morgan fingerprint density at radius 2 is 2.30 bits per heavy atom. The molecule has 0 saturated carbocycles. The van der Waals surface area contributed by atoms with Crippen molar-refractivity contribution in [3.05, 3.63) is 18.2 Å². The number of benzene rings is 1. The molecule has 1 saturated heterocycles. The van der Waals surface area contributed by atoms with Crippen molar-refractivity contribution in [2.45, 2.75) is 24.3 Å². The fourth-order valence-electron chi connectivity index (χ4n) is 2.61. The van der Waals surface area contributed by atoms with E-state index in [0.29, 0.717) is 5.75 Å². The minimum absolute atomic E-state index is 0.000378. The number of thioether (sulfide) groups is 1. The summed E-state index contributed by atoms with van der Waals surface area (Å²) >= 11 is 1.52. The number of nitrogens with one attached hydrogen (secondary N) is 3. The number of hydrogen-bond acceptors (Lipinski definition) is 4. The molecule has 2 unspecified atom stereocenters. The van der Waals surface area contributed by atoms with Gasteiger partial charge in [-0.15, -0.1) is 11.8 Å². The Morgan fingerprint density at radius 1 is 1.45 bits per heavy atom. The molecule has 3 N–H and O–H groups in total. The fourth-order valence-corrected chi connectivity index (χ4v) is 3.40. The van der Waals surface area contributed by atoms with Crippen LogP contribution in [0.3, 0.4) is 0 Å². The van der Waals surface area contributed by atoms with Gasteiger partial charge in [0.1, 0.15) is 0 Å². The van der Waals surface area contributed by atoms with Crippen molar-refractivity contribution in [2.24, 2.45) is 5.92 Å². The van der Waals surface area contributed by atoms with E-state index < -0.39 is 0 Å². The van der Waals surface area contributed by atoms with E-state index in [2.05, 4.69) is 16.0 Å². The average Bonchev–Trinajstić information content (AvgIpc) is 2.84. The van der Waals surface area contributed by atoms with Gasteiger partial charge in [0.15, 0.2) is 0 Å². The predicted octanol–water partition coefficient (Wildman–Crippen LogP) is 1.67. The summed E-state index contributed by atoms with van der Waals surface area (Å²) in [7, 11) is 0. The van der Waals surface area contributed by atoms with Crippen LogP contribution in [0.25, 0.3) is 0 Å². The molecule has 2 aliphatic rings. The van der Waals surface area contributed by atoms with Crippen molar-refractivity contribution in [3.8, 4) is 0 Å². The van der Waals surface area contributed by atoms with Gasteiger partial charge >= 0.3 is 0 Å². The van der Waals surface area contributed by atoms with Crippen LogP contribution in [0.2, 0.25) is 0 Å². The highest BCUT2D eigenvalue weighted by atomic mass is 32.2. The zero-order valence-corrected chi connectivity index (χ0v) is 12.0. The van der Waals surface area contributed by atoms with Crippen LogP contribution in [-0.4, -0.2) is 30.2 Å². The summed E-state index contributed by atoms with van der Waals surface area (Å²) < 4.78 is 0. The number of hydrogen-bond donors (Lipinski definition) is 3. The van der Waals surface area contributed by atoms with Crippen LogP contribution in [0.15, 0.2) is 23.1 Å². The Hall–Kier alpha value is -1.53. The maximum atomic E-state index is 12.2. The number of amides is 2. The van der Waals surface area contributed by atoms with Crippen LogP contribution < -0.4 is 16.0 Å². The Bertz CT molecular complexity index is 561. The highest BCUT2D eigenvalue weighted by Crippen LogP contribution is 2.33. The highest BCUT2D eigenvalue weighted by Gasteiger charge is 2.29. The number of fused-ring (bicyclic) bond motifs is 1. The lowest BCUT2D eigenvalue weighted by atomic mass is 10.0. The molecule has 20 heavy (non-hydrogen) atoms. The molecule has 0 aliphatic carbocycles. The summed E-state index contributed by atoms with van der Waals surface area (Å²) in [6, 6.07) is 5.85. The largest absolute Gasteiger partial charge is 0.326 e. The van der Waals surface area contributed by atoms with E-state index in [1.165, 1.54) is 11.8 Å². The first kappa shape index (κ1) is 13.5. The summed E-state index contributed by atoms with van der Waals surface area (Å²) in [5, 5.41) is 9.04. The minimum atomic E-state index is -0.000378. The molecule has 106 valence electrons. The highest BCUT2D eigenvalue weighted by molar-refractivity contribution is 8.00. The standard InChI is InChI=1S/C14H17N3O2S/c1-8-10(4-5-15-8)14(19)16-9-2-3-12-11(6-9)17-13(18)7-20-12/h2-3,6,8,10,15H,4-5,7H2,1H3,(H,16,19)(H,17,18). The molecule has 0 radical (unpaired) electrons. The van der Waals surface area contributed by atoms with E-state index in [9.17, 15) is 9.59 Å². The molecule has 1 fully saturated rings. The Balaban J connectivity index is 1.73. The van der Waals surface area contributed by atoms with Crippen molar-refractivity contribution < 1.29 is 9.59 Å². The second-order valence-electron chi connectivity index (χ2n) is 5.18.